The SMILES string of the molecule is CN(Cc1cn[nH]c1)C(=O)c1cc(Br)cn1C1CC1. The van der Waals surface area contributed by atoms with Gasteiger partial charge in [0.25, 0.3) is 5.91 Å². The smallest absolute Gasteiger partial charge is 0.270 e. The Labute approximate surface area is 119 Å². The van der Waals surface area contributed by atoms with Crippen molar-refractivity contribution in [3.63, 3.8) is 0 Å². The van der Waals surface area contributed by atoms with E-state index in [9.17, 15) is 4.79 Å². The van der Waals surface area contributed by atoms with Gasteiger partial charge in [0.1, 0.15) is 5.69 Å². The van der Waals surface area contributed by atoms with Gasteiger partial charge in [0.15, 0.2) is 0 Å². The van der Waals surface area contributed by atoms with Gasteiger partial charge in [-0.3, -0.25) is 9.89 Å². The highest BCUT2D eigenvalue weighted by Gasteiger charge is 2.28. The molecule has 100 valence electrons. The number of hydrogen-bond donors (Lipinski definition) is 1. The molecule has 2 aromatic heterocycles. The molecule has 0 bridgehead atoms. The first-order valence-corrected chi connectivity index (χ1v) is 7.05. The monoisotopic (exact) mass is 322 g/mol. The highest BCUT2D eigenvalue weighted by atomic mass is 79.9. The lowest BCUT2D eigenvalue weighted by molar-refractivity contribution is 0.0774. The second-order valence-corrected chi connectivity index (χ2v) is 5.87. The Hall–Kier alpha value is -1.56. The summed E-state index contributed by atoms with van der Waals surface area (Å²) in [4.78, 5) is 14.2. The molecule has 0 atom stereocenters. The Bertz CT molecular complexity index is 586. The fourth-order valence-corrected chi connectivity index (χ4v) is 2.61. The minimum absolute atomic E-state index is 0.0406. The zero-order valence-electron chi connectivity index (χ0n) is 10.6. The van der Waals surface area contributed by atoms with Crippen LogP contribution in [0.1, 0.15) is 34.9 Å². The van der Waals surface area contributed by atoms with Crippen molar-refractivity contribution in [2.45, 2.75) is 25.4 Å². The van der Waals surface area contributed by atoms with Crippen LogP contribution in [0.2, 0.25) is 0 Å². The number of H-pyrrole nitrogens is 1. The van der Waals surface area contributed by atoms with E-state index in [2.05, 4.69) is 30.7 Å². The Morgan fingerprint density at radius 1 is 1.63 bits per heavy atom. The third-order valence-electron chi connectivity index (χ3n) is 3.30. The van der Waals surface area contributed by atoms with Gasteiger partial charge in [-0.25, -0.2) is 0 Å². The van der Waals surface area contributed by atoms with Gasteiger partial charge < -0.3 is 9.47 Å². The average molecular weight is 323 g/mol. The van der Waals surface area contributed by atoms with E-state index in [1.807, 2.05) is 19.3 Å². The molecule has 2 heterocycles. The first-order valence-electron chi connectivity index (χ1n) is 6.25. The number of amides is 1. The van der Waals surface area contributed by atoms with Crippen LogP contribution in [0.15, 0.2) is 29.1 Å². The average Bonchev–Trinajstić information content (AvgIpc) is 2.97. The van der Waals surface area contributed by atoms with Crippen LogP contribution in [0.25, 0.3) is 0 Å². The molecule has 19 heavy (non-hydrogen) atoms. The van der Waals surface area contributed by atoms with E-state index in [1.54, 1.807) is 17.3 Å². The maximum atomic E-state index is 12.5. The Morgan fingerprint density at radius 2 is 2.42 bits per heavy atom. The van der Waals surface area contributed by atoms with Gasteiger partial charge in [-0.05, 0) is 34.8 Å². The van der Waals surface area contributed by atoms with Gasteiger partial charge >= 0.3 is 0 Å². The van der Waals surface area contributed by atoms with E-state index < -0.39 is 0 Å². The van der Waals surface area contributed by atoms with E-state index in [-0.39, 0.29) is 5.91 Å². The molecule has 1 aliphatic rings. The molecule has 0 aromatic carbocycles. The summed E-state index contributed by atoms with van der Waals surface area (Å²) in [6.07, 6.45) is 7.86. The van der Waals surface area contributed by atoms with Crippen molar-refractivity contribution in [1.82, 2.24) is 19.7 Å². The number of rotatable bonds is 4. The fraction of sp³-hybridized carbons (Fsp3) is 0.385. The molecule has 5 nitrogen and oxygen atoms in total. The molecule has 3 rings (SSSR count). The van der Waals surface area contributed by atoms with Gasteiger partial charge in [0, 0.05) is 42.1 Å². The summed E-state index contributed by atoms with van der Waals surface area (Å²) < 4.78 is 3.04. The minimum atomic E-state index is 0.0406. The molecular formula is C13H15BrN4O. The Morgan fingerprint density at radius 3 is 3.05 bits per heavy atom. The largest absolute Gasteiger partial charge is 0.339 e. The summed E-state index contributed by atoms with van der Waals surface area (Å²) in [5, 5.41) is 6.65. The van der Waals surface area contributed by atoms with E-state index in [4.69, 9.17) is 0 Å². The molecule has 1 saturated carbocycles. The highest BCUT2D eigenvalue weighted by Crippen LogP contribution is 2.37. The van der Waals surface area contributed by atoms with Crippen molar-refractivity contribution < 1.29 is 4.79 Å². The number of nitrogens with zero attached hydrogens (tertiary/aromatic N) is 3. The molecule has 2 aromatic rings. The third-order valence-corrected chi connectivity index (χ3v) is 3.73. The fourth-order valence-electron chi connectivity index (χ4n) is 2.18. The van der Waals surface area contributed by atoms with E-state index >= 15 is 0 Å². The number of aromatic amines is 1. The van der Waals surface area contributed by atoms with Crippen LogP contribution in [0, 0.1) is 0 Å². The van der Waals surface area contributed by atoms with Gasteiger partial charge in [-0.2, -0.15) is 5.10 Å². The molecule has 0 spiro atoms. The van der Waals surface area contributed by atoms with Crippen molar-refractivity contribution in [2.24, 2.45) is 0 Å². The lowest BCUT2D eigenvalue weighted by Gasteiger charge is -2.17. The van der Waals surface area contributed by atoms with Crippen LogP contribution in [-0.4, -0.2) is 32.6 Å². The zero-order valence-corrected chi connectivity index (χ0v) is 12.2. The number of aromatic nitrogens is 3. The van der Waals surface area contributed by atoms with Gasteiger partial charge in [0.2, 0.25) is 0 Å². The molecular weight excluding hydrogens is 308 g/mol. The summed E-state index contributed by atoms with van der Waals surface area (Å²) in [7, 11) is 1.81. The van der Waals surface area contributed by atoms with Crippen molar-refractivity contribution in [3.05, 3.63) is 40.4 Å². The van der Waals surface area contributed by atoms with Crippen LogP contribution in [0.5, 0.6) is 0 Å². The quantitative estimate of drug-likeness (QED) is 0.940. The topological polar surface area (TPSA) is 53.9 Å². The summed E-state index contributed by atoms with van der Waals surface area (Å²) in [6, 6.07) is 2.39. The molecule has 0 saturated heterocycles. The van der Waals surface area contributed by atoms with E-state index in [0.717, 1.165) is 28.6 Å². The van der Waals surface area contributed by atoms with Crippen molar-refractivity contribution in [2.75, 3.05) is 7.05 Å². The predicted molar refractivity (Wildman–Crippen MR) is 74.8 cm³/mol. The Balaban J connectivity index is 1.79. The van der Waals surface area contributed by atoms with Crippen LogP contribution in [0.4, 0.5) is 0 Å². The van der Waals surface area contributed by atoms with Crippen molar-refractivity contribution in [3.8, 4) is 0 Å². The first kappa shape index (κ1) is 12.5. The number of carbonyl (C=O) groups is 1. The standard InChI is InChI=1S/C13H15BrN4O/c1-17(7-9-5-15-16-6-9)13(19)12-4-10(14)8-18(12)11-2-3-11/h4-6,8,11H,2-3,7H2,1H3,(H,15,16). The van der Waals surface area contributed by atoms with Crippen LogP contribution in [-0.2, 0) is 6.54 Å². The number of halogens is 1. The molecule has 1 N–H and O–H groups in total. The lowest BCUT2D eigenvalue weighted by Crippen LogP contribution is -2.28. The molecule has 0 aliphatic heterocycles. The van der Waals surface area contributed by atoms with Crippen LogP contribution in [0.3, 0.4) is 0 Å². The summed E-state index contributed by atoms with van der Waals surface area (Å²) in [5.41, 5.74) is 1.75. The zero-order chi connectivity index (χ0) is 13.4. The van der Waals surface area contributed by atoms with Crippen molar-refractivity contribution >= 4 is 21.8 Å². The summed E-state index contributed by atoms with van der Waals surface area (Å²) in [6.45, 7) is 0.558. The number of hydrogen-bond acceptors (Lipinski definition) is 2. The van der Waals surface area contributed by atoms with Gasteiger partial charge in [0.05, 0.1) is 6.20 Å². The molecule has 0 unspecified atom stereocenters. The van der Waals surface area contributed by atoms with Gasteiger partial charge in [-0.15, -0.1) is 0 Å². The minimum Gasteiger partial charge on any atom is -0.339 e. The number of nitrogens with one attached hydrogen (secondary N) is 1. The van der Waals surface area contributed by atoms with Gasteiger partial charge in [-0.1, -0.05) is 0 Å². The van der Waals surface area contributed by atoms with Crippen molar-refractivity contribution in [1.29, 1.82) is 0 Å². The van der Waals surface area contributed by atoms with Crippen LogP contribution < -0.4 is 0 Å². The first-order chi connectivity index (χ1) is 9.15. The van der Waals surface area contributed by atoms with Crippen LogP contribution >= 0.6 is 15.9 Å². The summed E-state index contributed by atoms with van der Waals surface area (Å²) in [5.74, 6) is 0.0406. The molecule has 1 amide bonds. The third kappa shape index (κ3) is 2.58. The molecule has 0 radical (unpaired) electrons. The van der Waals surface area contributed by atoms with E-state index in [0.29, 0.717) is 12.6 Å². The predicted octanol–water partition coefficient (Wildman–Crippen LogP) is 2.58. The maximum absolute atomic E-state index is 12.5. The second kappa shape index (κ2) is 4.85. The molecule has 1 fully saturated rings. The summed E-state index contributed by atoms with van der Waals surface area (Å²) >= 11 is 3.45. The Kier molecular flexibility index (Phi) is 3.18. The normalized spacial score (nSPS) is 14.6. The maximum Gasteiger partial charge on any atom is 0.270 e. The van der Waals surface area contributed by atoms with E-state index in [1.165, 1.54) is 0 Å². The highest BCUT2D eigenvalue weighted by molar-refractivity contribution is 9.10. The molecule has 1 aliphatic carbocycles. The number of carbonyl (C=O) groups excluding carboxylic acids is 1. The molecule has 6 heteroatoms. The lowest BCUT2D eigenvalue weighted by atomic mass is 10.3. The second-order valence-electron chi connectivity index (χ2n) is 4.95.